The number of halogens is 2. The Morgan fingerprint density at radius 3 is 2.56 bits per heavy atom. The van der Waals surface area contributed by atoms with Crippen molar-refractivity contribution in [3.05, 3.63) is 51.2 Å². The maximum Gasteiger partial charge on any atom is 0.0695 e. The zero-order chi connectivity index (χ0) is 13.1. The summed E-state index contributed by atoms with van der Waals surface area (Å²) in [5, 5.41) is 8.34. The highest BCUT2D eigenvalue weighted by Crippen LogP contribution is 2.25. The third kappa shape index (κ3) is 2.94. The van der Waals surface area contributed by atoms with Crippen LogP contribution in [0.1, 0.15) is 17.3 Å². The molecule has 0 aliphatic carbocycles. The lowest BCUT2D eigenvalue weighted by atomic mass is 10.0. The van der Waals surface area contributed by atoms with E-state index in [1.54, 1.807) is 0 Å². The highest BCUT2D eigenvalue weighted by Gasteiger charge is 2.17. The van der Waals surface area contributed by atoms with Gasteiger partial charge >= 0.3 is 0 Å². The first-order valence-electron chi connectivity index (χ1n) is 5.71. The molecule has 0 spiro atoms. The van der Waals surface area contributed by atoms with Gasteiger partial charge in [0.1, 0.15) is 0 Å². The number of likely N-dealkylation sites (N-methyl/N-ethyl adjacent to an activating group) is 1. The molecule has 2 rings (SSSR count). The number of nitrogens with one attached hydrogen (secondary N) is 1. The van der Waals surface area contributed by atoms with Gasteiger partial charge in [0.05, 0.1) is 22.4 Å². The lowest BCUT2D eigenvalue weighted by Crippen LogP contribution is -2.22. The smallest absolute Gasteiger partial charge is 0.0695 e. The van der Waals surface area contributed by atoms with Crippen LogP contribution in [0.4, 0.5) is 0 Å². The summed E-state index contributed by atoms with van der Waals surface area (Å²) >= 11 is 9.43. The zero-order valence-corrected chi connectivity index (χ0v) is 12.7. The molecular weight excluding hydrogens is 314 g/mol. The molecule has 0 saturated heterocycles. The van der Waals surface area contributed by atoms with E-state index in [-0.39, 0.29) is 6.04 Å². The molecule has 0 amide bonds. The molecule has 1 unspecified atom stereocenters. The van der Waals surface area contributed by atoms with Gasteiger partial charge in [0.15, 0.2) is 0 Å². The minimum Gasteiger partial charge on any atom is -0.311 e. The van der Waals surface area contributed by atoms with E-state index >= 15 is 0 Å². The summed E-state index contributed by atoms with van der Waals surface area (Å²) < 4.78 is 2.92. The van der Waals surface area contributed by atoms with E-state index in [0.717, 1.165) is 21.6 Å². The quantitative estimate of drug-likeness (QED) is 0.933. The number of hydrogen-bond donors (Lipinski definition) is 1. The third-order valence-electron chi connectivity index (χ3n) is 2.97. The molecule has 2 aromatic rings. The standard InChI is InChI=1S/C13H15BrClN3/c1-16-12(13-11(14)8-17-18(13)2)7-9-3-5-10(15)6-4-9/h3-6,8,12,16H,7H2,1-2H3. The van der Waals surface area contributed by atoms with Crippen molar-refractivity contribution in [2.75, 3.05) is 7.05 Å². The van der Waals surface area contributed by atoms with Crippen molar-refractivity contribution < 1.29 is 0 Å². The van der Waals surface area contributed by atoms with Crippen LogP contribution in [0.15, 0.2) is 34.9 Å². The summed E-state index contributed by atoms with van der Waals surface area (Å²) in [7, 11) is 3.91. The molecule has 5 heteroatoms. The van der Waals surface area contributed by atoms with Gasteiger partial charge in [-0.1, -0.05) is 23.7 Å². The Kier molecular flexibility index (Phi) is 4.43. The van der Waals surface area contributed by atoms with Crippen molar-refractivity contribution in [2.24, 2.45) is 7.05 Å². The van der Waals surface area contributed by atoms with Crippen LogP contribution in [0.2, 0.25) is 5.02 Å². The molecule has 0 saturated carbocycles. The van der Waals surface area contributed by atoms with Crippen LogP contribution in [-0.2, 0) is 13.5 Å². The van der Waals surface area contributed by atoms with E-state index in [2.05, 4.69) is 38.5 Å². The van der Waals surface area contributed by atoms with Crippen molar-refractivity contribution in [3.63, 3.8) is 0 Å². The summed E-state index contributed by atoms with van der Waals surface area (Å²) in [4.78, 5) is 0. The number of nitrogens with zero attached hydrogens (tertiary/aromatic N) is 2. The fraction of sp³-hybridized carbons (Fsp3) is 0.308. The van der Waals surface area contributed by atoms with Gasteiger partial charge in [-0.15, -0.1) is 0 Å². The van der Waals surface area contributed by atoms with Gasteiger partial charge < -0.3 is 5.32 Å². The number of aromatic nitrogens is 2. The molecule has 0 radical (unpaired) electrons. The maximum atomic E-state index is 5.89. The van der Waals surface area contributed by atoms with Crippen molar-refractivity contribution in [3.8, 4) is 0 Å². The van der Waals surface area contributed by atoms with Gasteiger partial charge in [0, 0.05) is 12.1 Å². The molecule has 1 heterocycles. The second-order valence-corrected chi connectivity index (χ2v) is 5.46. The normalized spacial score (nSPS) is 12.7. The van der Waals surface area contributed by atoms with Crippen LogP contribution in [0.25, 0.3) is 0 Å². The summed E-state index contributed by atoms with van der Waals surface area (Å²) in [6.07, 6.45) is 2.72. The fourth-order valence-electron chi connectivity index (χ4n) is 2.00. The first-order valence-corrected chi connectivity index (χ1v) is 6.88. The first kappa shape index (κ1) is 13.6. The molecular formula is C13H15BrClN3. The summed E-state index contributed by atoms with van der Waals surface area (Å²) in [5.74, 6) is 0. The van der Waals surface area contributed by atoms with E-state index in [1.807, 2.05) is 37.1 Å². The first-order chi connectivity index (χ1) is 8.61. The highest BCUT2D eigenvalue weighted by molar-refractivity contribution is 9.10. The van der Waals surface area contributed by atoms with Gasteiger partial charge in [-0.25, -0.2) is 0 Å². The second kappa shape index (κ2) is 5.87. The fourth-order valence-corrected chi connectivity index (χ4v) is 2.75. The molecule has 1 N–H and O–H groups in total. The number of benzene rings is 1. The molecule has 1 aromatic carbocycles. The summed E-state index contributed by atoms with van der Waals surface area (Å²) in [6, 6.07) is 8.16. The largest absolute Gasteiger partial charge is 0.311 e. The molecule has 0 aliphatic rings. The Morgan fingerprint density at radius 1 is 1.39 bits per heavy atom. The maximum absolute atomic E-state index is 5.89. The van der Waals surface area contributed by atoms with Gasteiger partial charge in [-0.3, -0.25) is 4.68 Å². The van der Waals surface area contributed by atoms with Gasteiger partial charge in [0.2, 0.25) is 0 Å². The lowest BCUT2D eigenvalue weighted by Gasteiger charge is -2.17. The van der Waals surface area contributed by atoms with E-state index in [0.29, 0.717) is 0 Å². The monoisotopic (exact) mass is 327 g/mol. The Balaban J connectivity index is 2.22. The van der Waals surface area contributed by atoms with Crippen LogP contribution in [0.5, 0.6) is 0 Å². The topological polar surface area (TPSA) is 29.9 Å². The molecule has 0 aliphatic heterocycles. The molecule has 0 bridgehead atoms. The number of hydrogen-bond acceptors (Lipinski definition) is 2. The Labute approximate surface area is 120 Å². The lowest BCUT2D eigenvalue weighted by molar-refractivity contribution is 0.535. The van der Waals surface area contributed by atoms with Crippen LogP contribution in [0.3, 0.4) is 0 Å². The van der Waals surface area contributed by atoms with Crippen LogP contribution >= 0.6 is 27.5 Å². The third-order valence-corrected chi connectivity index (χ3v) is 3.83. The molecule has 1 aromatic heterocycles. The molecule has 18 heavy (non-hydrogen) atoms. The van der Waals surface area contributed by atoms with Crippen LogP contribution in [0, 0.1) is 0 Å². The Morgan fingerprint density at radius 2 is 2.06 bits per heavy atom. The average molecular weight is 329 g/mol. The minimum absolute atomic E-state index is 0.216. The zero-order valence-electron chi connectivity index (χ0n) is 10.3. The Bertz CT molecular complexity index is 502. The Hall–Kier alpha value is -0.840. The van der Waals surface area contributed by atoms with Gasteiger partial charge in [-0.05, 0) is 47.1 Å². The molecule has 96 valence electrons. The van der Waals surface area contributed by atoms with Crippen molar-refractivity contribution in [1.82, 2.24) is 15.1 Å². The number of aryl methyl sites for hydroxylation is 1. The molecule has 1 atom stereocenters. The second-order valence-electron chi connectivity index (χ2n) is 4.17. The van der Waals surface area contributed by atoms with Crippen molar-refractivity contribution in [2.45, 2.75) is 12.5 Å². The van der Waals surface area contributed by atoms with Crippen LogP contribution in [-0.4, -0.2) is 16.8 Å². The summed E-state index contributed by atoms with van der Waals surface area (Å²) in [6.45, 7) is 0. The summed E-state index contributed by atoms with van der Waals surface area (Å²) in [5.41, 5.74) is 2.39. The van der Waals surface area contributed by atoms with E-state index in [9.17, 15) is 0 Å². The van der Waals surface area contributed by atoms with Crippen molar-refractivity contribution in [1.29, 1.82) is 0 Å². The van der Waals surface area contributed by atoms with E-state index < -0.39 is 0 Å². The molecule has 0 fully saturated rings. The van der Waals surface area contributed by atoms with Gasteiger partial charge in [-0.2, -0.15) is 5.10 Å². The molecule has 3 nitrogen and oxygen atoms in total. The predicted octanol–water partition coefficient (Wildman–Crippen LogP) is 3.34. The minimum atomic E-state index is 0.216. The number of rotatable bonds is 4. The van der Waals surface area contributed by atoms with E-state index in [1.165, 1.54) is 5.56 Å². The SMILES string of the molecule is CNC(Cc1ccc(Cl)cc1)c1c(Br)cnn1C. The average Bonchev–Trinajstić information content (AvgIpc) is 2.69. The predicted molar refractivity (Wildman–Crippen MR) is 77.9 cm³/mol. The van der Waals surface area contributed by atoms with Crippen LogP contribution < -0.4 is 5.32 Å². The van der Waals surface area contributed by atoms with Crippen molar-refractivity contribution >= 4 is 27.5 Å². The van der Waals surface area contributed by atoms with E-state index in [4.69, 9.17) is 11.6 Å². The van der Waals surface area contributed by atoms with Gasteiger partial charge in [0.25, 0.3) is 0 Å². The highest BCUT2D eigenvalue weighted by atomic mass is 79.9.